The molecule has 2 N–H and O–H groups in total. The van der Waals surface area contributed by atoms with Crippen molar-refractivity contribution in [2.24, 2.45) is 5.92 Å². The first kappa shape index (κ1) is 18.3. The summed E-state index contributed by atoms with van der Waals surface area (Å²) in [6.07, 6.45) is 1.42. The van der Waals surface area contributed by atoms with Crippen LogP contribution in [0.25, 0.3) is 11.0 Å². The molecule has 1 unspecified atom stereocenters. The van der Waals surface area contributed by atoms with Gasteiger partial charge in [-0.25, -0.2) is 4.98 Å². The van der Waals surface area contributed by atoms with Gasteiger partial charge < -0.3 is 15.2 Å². The van der Waals surface area contributed by atoms with E-state index in [1.807, 2.05) is 18.3 Å². The maximum Gasteiger partial charge on any atom is 0.393 e. The summed E-state index contributed by atoms with van der Waals surface area (Å²) in [6.45, 7) is 1.41. The fraction of sp³-hybridized carbons (Fsp3) is 0.579. The molecular weight excluding hydrogens is 357 g/mol. The van der Waals surface area contributed by atoms with E-state index in [1.165, 1.54) is 0 Å². The number of fused-ring (bicyclic) bond motifs is 1. The van der Waals surface area contributed by atoms with Gasteiger partial charge in [0.2, 0.25) is 5.91 Å². The van der Waals surface area contributed by atoms with E-state index < -0.39 is 24.0 Å². The van der Waals surface area contributed by atoms with E-state index in [0.29, 0.717) is 26.1 Å². The van der Waals surface area contributed by atoms with Crippen molar-refractivity contribution in [3.63, 3.8) is 0 Å². The number of amides is 1. The standard InChI is InChI=1S/C19H23F3N4O/c20-19(21,22)15-6-2-7-23-16(15)18(27)26-9-3-4-12(11-26)14-10-25-17-13(14)5-1-8-24-17/h1,5,8,10,12,15-16,23H,2-4,6-7,9,11H2,(H,24,25)/t12?,15-,16+/m1/s1. The number of pyridine rings is 1. The third kappa shape index (κ3) is 3.54. The summed E-state index contributed by atoms with van der Waals surface area (Å²) in [6, 6.07) is 2.69. The van der Waals surface area contributed by atoms with Gasteiger partial charge in [-0.15, -0.1) is 0 Å². The van der Waals surface area contributed by atoms with Crippen molar-refractivity contribution in [1.82, 2.24) is 20.2 Å². The highest BCUT2D eigenvalue weighted by Crippen LogP contribution is 2.36. The molecule has 4 heterocycles. The van der Waals surface area contributed by atoms with Crippen molar-refractivity contribution in [3.8, 4) is 0 Å². The third-order valence-electron chi connectivity index (χ3n) is 5.80. The lowest BCUT2D eigenvalue weighted by Crippen LogP contribution is -2.57. The zero-order valence-electron chi connectivity index (χ0n) is 14.9. The molecule has 0 bridgehead atoms. The molecule has 5 nitrogen and oxygen atoms in total. The molecule has 1 amide bonds. The van der Waals surface area contributed by atoms with Crippen LogP contribution < -0.4 is 5.32 Å². The van der Waals surface area contributed by atoms with Gasteiger partial charge in [-0.2, -0.15) is 13.2 Å². The number of likely N-dealkylation sites (tertiary alicyclic amines) is 1. The first-order chi connectivity index (χ1) is 12.9. The van der Waals surface area contributed by atoms with Crippen LogP contribution in [0.5, 0.6) is 0 Å². The lowest BCUT2D eigenvalue weighted by atomic mass is 9.87. The number of nitrogens with one attached hydrogen (secondary N) is 2. The Morgan fingerprint density at radius 3 is 2.93 bits per heavy atom. The van der Waals surface area contributed by atoms with Crippen LogP contribution in [-0.4, -0.2) is 52.6 Å². The van der Waals surface area contributed by atoms with Crippen LogP contribution in [0.3, 0.4) is 0 Å². The Hall–Kier alpha value is -2.09. The number of rotatable bonds is 2. The molecule has 0 aliphatic carbocycles. The summed E-state index contributed by atoms with van der Waals surface area (Å²) in [5.41, 5.74) is 1.88. The van der Waals surface area contributed by atoms with Gasteiger partial charge in [0.15, 0.2) is 0 Å². The molecule has 8 heteroatoms. The quantitative estimate of drug-likeness (QED) is 0.841. The fourth-order valence-corrected chi connectivity index (χ4v) is 4.44. The highest BCUT2D eigenvalue weighted by Gasteiger charge is 2.49. The topological polar surface area (TPSA) is 61.0 Å². The second-order valence-corrected chi connectivity index (χ2v) is 7.49. The molecule has 146 valence electrons. The van der Waals surface area contributed by atoms with E-state index in [4.69, 9.17) is 0 Å². The van der Waals surface area contributed by atoms with Crippen LogP contribution in [0.4, 0.5) is 13.2 Å². The molecule has 2 saturated heterocycles. The predicted molar refractivity (Wildman–Crippen MR) is 95.2 cm³/mol. The zero-order chi connectivity index (χ0) is 19.0. The third-order valence-corrected chi connectivity index (χ3v) is 5.80. The lowest BCUT2D eigenvalue weighted by molar-refractivity contribution is -0.193. The van der Waals surface area contributed by atoms with Crippen molar-refractivity contribution >= 4 is 16.9 Å². The van der Waals surface area contributed by atoms with Crippen LogP contribution in [0.2, 0.25) is 0 Å². The van der Waals surface area contributed by atoms with Crippen LogP contribution >= 0.6 is 0 Å². The molecule has 0 aromatic carbocycles. The zero-order valence-corrected chi connectivity index (χ0v) is 14.9. The van der Waals surface area contributed by atoms with Crippen LogP contribution in [0.1, 0.15) is 37.2 Å². The number of alkyl halides is 3. The second kappa shape index (κ2) is 7.14. The molecule has 2 fully saturated rings. The minimum absolute atomic E-state index is 0.0122. The largest absolute Gasteiger partial charge is 0.393 e. The number of piperidine rings is 2. The number of carbonyl (C=O) groups excluding carboxylic acids is 1. The monoisotopic (exact) mass is 380 g/mol. The fourth-order valence-electron chi connectivity index (χ4n) is 4.44. The minimum atomic E-state index is -4.36. The van der Waals surface area contributed by atoms with E-state index in [2.05, 4.69) is 15.3 Å². The van der Waals surface area contributed by atoms with Crippen molar-refractivity contribution in [1.29, 1.82) is 0 Å². The summed E-state index contributed by atoms with van der Waals surface area (Å²) >= 11 is 0. The SMILES string of the molecule is O=C([C@H]1NCCC[C@H]1C(F)(F)F)N1CCCC(c2c[nH]c3ncccc23)C1. The first-order valence-corrected chi connectivity index (χ1v) is 9.46. The molecule has 0 radical (unpaired) electrons. The van der Waals surface area contributed by atoms with Crippen LogP contribution in [0.15, 0.2) is 24.5 Å². The normalized spacial score (nSPS) is 27.1. The van der Waals surface area contributed by atoms with Gasteiger partial charge in [-0.3, -0.25) is 4.79 Å². The molecule has 3 atom stereocenters. The number of carbonyl (C=O) groups is 1. The van der Waals surface area contributed by atoms with E-state index >= 15 is 0 Å². The molecule has 27 heavy (non-hydrogen) atoms. The molecule has 2 aliphatic rings. The van der Waals surface area contributed by atoms with Crippen molar-refractivity contribution in [3.05, 3.63) is 30.1 Å². The molecule has 0 saturated carbocycles. The highest BCUT2D eigenvalue weighted by molar-refractivity contribution is 5.83. The van der Waals surface area contributed by atoms with E-state index in [1.54, 1.807) is 11.1 Å². The number of hydrogen-bond donors (Lipinski definition) is 2. The first-order valence-electron chi connectivity index (χ1n) is 9.46. The number of hydrogen-bond acceptors (Lipinski definition) is 3. The maximum absolute atomic E-state index is 13.4. The lowest BCUT2D eigenvalue weighted by Gasteiger charge is -2.39. The molecule has 4 rings (SSSR count). The number of halogens is 3. The minimum Gasteiger partial charge on any atom is -0.346 e. The summed E-state index contributed by atoms with van der Waals surface area (Å²) in [5.74, 6) is -1.91. The van der Waals surface area contributed by atoms with Crippen LogP contribution in [-0.2, 0) is 4.79 Å². The van der Waals surface area contributed by atoms with Gasteiger partial charge in [0.05, 0.1) is 12.0 Å². The number of H-pyrrole nitrogens is 1. The Bertz CT molecular complexity index is 819. The van der Waals surface area contributed by atoms with Gasteiger partial charge in [0.25, 0.3) is 0 Å². The molecule has 2 aliphatic heterocycles. The summed E-state index contributed by atoms with van der Waals surface area (Å²) in [5, 5.41) is 3.84. The molecule has 2 aromatic heterocycles. The molecule has 0 spiro atoms. The summed E-state index contributed by atoms with van der Waals surface area (Å²) in [7, 11) is 0. The molecular formula is C19H23F3N4O. The average Bonchev–Trinajstić information content (AvgIpc) is 3.11. The average molecular weight is 380 g/mol. The maximum atomic E-state index is 13.4. The van der Waals surface area contributed by atoms with E-state index in [-0.39, 0.29) is 12.3 Å². The predicted octanol–water partition coefficient (Wildman–Crippen LogP) is 3.20. The Balaban J connectivity index is 1.53. The van der Waals surface area contributed by atoms with Crippen LogP contribution in [0, 0.1) is 5.92 Å². The van der Waals surface area contributed by atoms with E-state index in [0.717, 1.165) is 29.4 Å². The van der Waals surface area contributed by atoms with Gasteiger partial charge in [0.1, 0.15) is 5.65 Å². The van der Waals surface area contributed by atoms with Gasteiger partial charge in [-0.1, -0.05) is 0 Å². The number of aromatic amines is 1. The molecule has 2 aromatic rings. The number of aromatic nitrogens is 2. The summed E-state index contributed by atoms with van der Waals surface area (Å²) < 4.78 is 40.1. The van der Waals surface area contributed by atoms with Gasteiger partial charge >= 0.3 is 6.18 Å². The Morgan fingerprint density at radius 2 is 2.11 bits per heavy atom. The van der Waals surface area contributed by atoms with E-state index in [9.17, 15) is 18.0 Å². The number of nitrogens with zero attached hydrogens (tertiary/aromatic N) is 2. The Labute approximate surface area is 155 Å². The van der Waals surface area contributed by atoms with Crippen molar-refractivity contribution in [2.45, 2.75) is 43.8 Å². The van der Waals surface area contributed by atoms with Gasteiger partial charge in [0, 0.05) is 36.8 Å². The Kier molecular flexibility index (Phi) is 4.84. The highest BCUT2D eigenvalue weighted by atomic mass is 19.4. The smallest absolute Gasteiger partial charge is 0.346 e. The summed E-state index contributed by atoms with van der Waals surface area (Å²) in [4.78, 5) is 22.0. The van der Waals surface area contributed by atoms with Gasteiger partial charge in [-0.05, 0) is 49.9 Å². The van der Waals surface area contributed by atoms with Crippen molar-refractivity contribution in [2.75, 3.05) is 19.6 Å². The second-order valence-electron chi connectivity index (χ2n) is 7.49. The van der Waals surface area contributed by atoms with Crippen molar-refractivity contribution < 1.29 is 18.0 Å². The Morgan fingerprint density at radius 1 is 1.26 bits per heavy atom.